The standard InChI is InChI=1S/C15H32N2O2/c1-14(2)6-8-15(18,9-7-14)12-17-13(11-19-3)5-4-10-16/h13,17-18H,4-12,16H2,1-3H3. The summed E-state index contributed by atoms with van der Waals surface area (Å²) in [5.41, 5.74) is 5.40. The molecule has 1 aliphatic carbocycles. The summed E-state index contributed by atoms with van der Waals surface area (Å²) < 4.78 is 5.22. The minimum absolute atomic E-state index is 0.299. The van der Waals surface area contributed by atoms with Crippen molar-refractivity contribution in [1.82, 2.24) is 5.32 Å². The van der Waals surface area contributed by atoms with Crippen LogP contribution in [-0.4, -0.2) is 43.6 Å². The third-order valence-corrected chi connectivity index (χ3v) is 4.38. The molecule has 1 unspecified atom stereocenters. The van der Waals surface area contributed by atoms with Gasteiger partial charge in [0.05, 0.1) is 12.2 Å². The number of nitrogens with two attached hydrogens (primary N) is 1. The lowest BCUT2D eigenvalue weighted by Gasteiger charge is -2.41. The molecule has 0 aromatic heterocycles. The monoisotopic (exact) mass is 272 g/mol. The number of aliphatic hydroxyl groups is 1. The van der Waals surface area contributed by atoms with E-state index < -0.39 is 5.60 Å². The summed E-state index contributed by atoms with van der Waals surface area (Å²) in [6.45, 7) is 6.63. The molecule has 0 saturated heterocycles. The number of nitrogens with one attached hydrogen (secondary N) is 1. The molecule has 1 rings (SSSR count). The molecule has 0 aromatic rings. The molecule has 1 saturated carbocycles. The first kappa shape index (κ1) is 16.9. The van der Waals surface area contributed by atoms with Gasteiger partial charge in [0.1, 0.15) is 0 Å². The van der Waals surface area contributed by atoms with Crippen molar-refractivity contribution in [1.29, 1.82) is 0 Å². The molecule has 0 aliphatic heterocycles. The maximum absolute atomic E-state index is 10.6. The summed E-state index contributed by atoms with van der Waals surface area (Å²) in [4.78, 5) is 0. The molecule has 4 nitrogen and oxygen atoms in total. The SMILES string of the molecule is COCC(CCCN)NCC1(O)CCC(C)(C)CC1. The van der Waals surface area contributed by atoms with E-state index in [1.807, 2.05) is 0 Å². The maximum atomic E-state index is 10.6. The second-order valence-corrected chi connectivity index (χ2v) is 6.85. The van der Waals surface area contributed by atoms with Crippen LogP contribution in [0.25, 0.3) is 0 Å². The van der Waals surface area contributed by atoms with Crippen LogP contribution in [0.5, 0.6) is 0 Å². The Hall–Kier alpha value is -0.160. The van der Waals surface area contributed by atoms with E-state index in [2.05, 4.69) is 19.2 Å². The molecule has 0 spiro atoms. The molecule has 0 heterocycles. The first-order valence-electron chi connectivity index (χ1n) is 7.56. The second kappa shape index (κ2) is 7.58. The Morgan fingerprint density at radius 1 is 1.26 bits per heavy atom. The van der Waals surface area contributed by atoms with Crippen LogP contribution in [0.2, 0.25) is 0 Å². The minimum Gasteiger partial charge on any atom is -0.389 e. The summed E-state index contributed by atoms with van der Waals surface area (Å²) in [7, 11) is 1.72. The van der Waals surface area contributed by atoms with E-state index >= 15 is 0 Å². The normalized spacial score (nSPS) is 23.2. The van der Waals surface area contributed by atoms with E-state index in [-0.39, 0.29) is 0 Å². The first-order chi connectivity index (χ1) is 8.91. The van der Waals surface area contributed by atoms with E-state index in [9.17, 15) is 5.11 Å². The van der Waals surface area contributed by atoms with E-state index in [4.69, 9.17) is 10.5 Å². The second-order valence-electron chi connectivity index (χ2n) is 6.85. The van der Waals surface area contributed by atoms with Gasteiger partial charge in [-0.05, 0) is 50.5 Å². The topological polar surface area (TPSA) is 67.5 Å². The highest BCUT2D eigenvalue weighted by atomic mass is 16.5. The highest BCUT2D eigenvalue weighted by Gasteiger charge is 2.36. The molecule has 1 fully saturated rings. The van der Waals surface area contributed by atoms with Gasteiger partial charge >= 0.3 is 0 Å². The zero-order chi connectivity index (χ0) is 14.4. The fourth-order valence-electron chi connectivity index (χ4n) is 2.71. The Bertz CT molecular complexity index is 247. The smallest absolute Gasteiger partial charge is 0.0772 e. The highest BCUT2D eigenvalue weighted by molar-refractivity contribution is 4.91. The molecular weight excluding hydrogens is 240 g/mol. The van der Waals surface area contributed by atoms with Crippen LogP contribution in [0.1, 0.15) is 52.4 Å². The van der Waals surface area contributed by atoms with Crippen molar-refractivity contribution in [2.24, 2.45) is 11.1 Å². The average Bonchev–Trinajstić information content (AvgIpc) is 2.37. The van der Waals surface area contributed by atoms with Crippen molar-refractivity contribution >= 4 is 0 Å². The van der Waals surface area contributed by atoms with Crippen LogP contribution in [0.4, 0.5) is 0 Å². The number of hydrogen-bond acceptors (Lipinski definition) is 4. The lowest BCUT2D eigenvalue weighted by atomic mass is 9.71. The number of hydrogen-bond donors (Lipinski definition) is 3. The summed E-state index contributed by atoms with van der Waals surface area (Å²) in [6.07, 6.45) is 5.98. The lowest BCUT2D eigenvalue weighted by molar-refractivity contribution is -0.0278. The van der Waals surface area contributed by atoms with Gasteiger partial charge in [0.25, 0.3) is 0 Å². The molecular formula is C15H32N2O2. The molecule has 0 radical (unpaired) electrons. The van der Waals surface area contributed by atoms with Crippen molar-refractivity contribution in [2.75, 3.05) is 26.8 Å². The van der Waals surface area contributed by atoms with Gasteiger partial charge in [0.15, 0.2) is 0 Å². The Kier molecular flexibility index (Phi) is 6.74. The highest BCUT2D eigenvalue weighted by Crippen LogP contribution is 2.39. The fraction of sp³-hybridized carbons (Fsp3) is 1.00. The molecule has 1 aliphatic rings. The van der Waals surface area contributed by atoms with Crippen LogP contribution in [-0.2, 0) is 4.74 Å². The van der Waals surface area contributed by atoms with Gasteiger partial charge in [0.2, 0.25) is 0 Å². The van der Waals surface area contributed by atoms with E-state index in [1.54, 1.807) is 7.11 Å². The minimum atomic E-state index is -0.537. The Balaban J connectivity index is 2.36. The summed E-state index contributed by atoms with van der Waals surface area (Å²) in [5, 5.41) is 14.1. The zero-order valence-corrected chi connectivity index (χ0v) is 12.9. The van der Waals surface area contributed by atoms with Gasteiger partial charge in [-0.25, -0.2) is 0 Å². The van der Waals surface area contributed by atoms with Gasteiger partial charge in [-0.2, -0.15) is 0 Å². The first-order valence-corrected chi connectivity index (χ1v) is 7.56. The summed E-state index contributed by atoms with van der Waals surface area (Å²) in [5.74, 6) is 0. The van der Waals surface area contributed by atoms with E-state index in [0.717, 1.165) is 38.5 Å². The maximum Gasteiger partial charge on any atom is 0.0772 e. The molecule has 4 heteroatoms. The van der Waals surface area contributed by atoms with Crippen molar-refractivity contribution in [3.63, 3.8) is 0 Å². The lowest BCUT2D eigenvalue weighted by Crippen LogP contribution is -2.48. The van der Waals surface area contributed by atoms with Crippen LogP contribution in [0.15, 0.2) is 0 Å². The summed E-state index contributed by atoms with van der Waals surface area (Å²) >= 11 is 0. The largest absolute Gasteiger partial charge is 0.389 e. The zero-order valence-electron chi connectivity index (χ0n) is 12.9. The molecule has 0 amide bonds. The number of ether oxygens (including phenoxy) is 1. The molecule has 0 bridgehead atoms. The third-order valence-electron chi connectivity index (χ3n) is 4.38. The van der Waals surface area contributed by atoms with Crippen molar-refractivity contribution in [3.05, 3.63) is 0 Å². The molecule has 4 N–H and O–H groups in total. The number of methoxy groups -OCH3 is 1. The van der Waals surface area contributed by atoms with E-state index in [1.165, 1.54) is 0 Å². The van der Waals surface area contributed by atoms with Crippen molar-refractivity contribution in [2.45, 2.75) is 64.0 Å². The quantitative estimate of drug-likeness (QED) is 0.628. The van der Waals surface area contributed by atoms with Crippen LogP contribution < -0.4 is 11.1 Å². The Morgan fingerprint density at radius 3 is 2.42 bits per heavy atom. The van der Waals surface area contributed by atoms with Crippen LogP contribution in [0, 0.1) is 5.41 Å². The van der Waals surface area contributed by atoms with Crippen molar-refractivity contribution in [3.8, 4) is 0 Å². The molecule has 0 aromatic carbocycles. The third kappa shape index (κ3) is 6.21. The van der Waals surface area contributed by atoms with Gasteiger partial charge in [-0.3, -0.25) is 0 Å². The Morgan fingerprint density at radius 2 is 1.89 bits per heavy atom. The molecule has 1 atom stereocenters. The fourth-order valence-corrected chi connectivity index (χ4v) is 2.71. The van der Waals surface area contributed by atoms with Gasteiger partial charge in [-0.1, -0.05) is 13.8 Å². The van der Waals surface area contributed by atoms with Gasteiger partial charge < -0.3 is 20.9 Å². The molecule has 19 heavy (non-hydrogen) atoms. The van der Waals surface area contributed by atoms with Crippen LogP contribution in [0.3, 0.4) is 0 Å². The number of rotatable bonds is 8. The predicted octanol–water partition coefficient (Wildman–Crippen LogP) is 1.66. The van der Waals surface area contributed by atoms with Crippen LogP contribution >= 0.6 is 0 Å². The molecule has 114 valence electrons. The average molecular weight is 272 g/mol. The van der Waals surface area contributed by atoms with Crippen molar-refractivity contribution < 1.29 is 9.84 Å². The summed E-state index contributed by atoms with van der Waals surface area (Å²) in [6, 6.07) is 0.299. The van der Waals surface area contributed by atoms with Gasteiger partial charge in [-0.15, -0.1) is 0 Å². The predicted molar refractivity (Wildman–Crippen MR) is 79.2 cm³/mol. The van der Waals surface area contributed by atoms with E-state index in [0.29, 0.717) is 31.2 Å². The Labute approximate surface area is 118 Å². The van der Waals surface area contributed by atoms with Gasteiger partial charge in [0, 0.05) is 19.7 Å².